The Bertz CT molecular complexity index is 788. The molecule has 146 valence electrons. The Morgan fingerprint density at radius 1 is 1.00 bits per heavy atom. The minimum Gasteiger partial charge on any atom is -0.508 e. The van der Waals surface area contributed by atoms with E-state index >= 15 is 0 Å². The van der Waals surface area contributed by atoms with Gasteiger partial charge in [-0.3, -0.25) is 14.6 Å². The fourth-order valence-electron chi connectivity index (χ4n) is 2.53. The second-order valence-corrected chi connectivity index (χ2v) is 6.52. The molecule has 0 radical (unpaired) electrons. The normalized spacial score (nSPS) is 11.2. The number of amides is 1. The third kappa shape index (κ3) is 8.40. The van der Waals surface area contributed by atoms with Crippen LogP contribution in [0.25, 0.3) is 0 Å². The van der Waals surface area contributed by atoms with Crippen molar-refractivity contribution in [3.63, 3.8) is 0 Å². The van der Waals surface area contributed by atoms with Gasteiger partial charge in [-0.2, -0.15) is 5.10 Å². The number of carbonyl (C=O) groups excluding carboxylic acids is 2. The molecule has 2 N–H and O–H groups in total. The van der Waals surface area contributed by atoms with Crippen molar-refractivity contribution in [2.75, 3.05) is 6.54 Å². The Kier molecular flexibility index (Phi) is 8.59. The molecule has 0 unspecified atom stereocenters. The Balaban J connectivity index is 1.58. The highest BCUT2D eigenvalue weighted by atomic mass is 16.3. The molecule has 0 aliphatic heterocycles. The van der Waals surface area contributed by atoms with Crippen LogP contribution in [-0.2, 0) is 9.59 Å². The van der Waals surface area contributed by atoms with Gasteiger partial charge in [-0.25, -0.2) is 5.43 Å². The van der Waals surface area contributed by atoms with Gasteiger partial charge in [0.2, 0.25) is 5.91 Å². The number of hydrazone groups is 1. The molecule has 2 aromatic rings. The van der Waals surface area contributed by atoms with Crippen molar-refractivity contribution >= 4 is 24.1 Å². The van der Waals surface area contributed by atoms with Crippen LogP contribution in [0, 0.1) is 6.92 Å². The van der Waals surface area contributed by atoms with Gasteiger partial charge >= 0.3 is 0 Å². The first-order valence-corrected chi connectivity index (χ1v) is 9.22. The zero-order chi connectivity index (χ0) is 20.2. The van der Waals surface area contributed by atoms with Crippen LogP contribution in [0.1, 0.15) is 42.4 Å². The van der Waals surface area contributed by atoms with Gasteiger partial charge < -0.3 is 5.11 Å². The number of aromatic hydroxyl groups is 1. The standard InChI is InChI=1S/C22H25N3O3/c1-17-6-4-7-18(12-17)14-23-16-21(27)9-2-3-11-22(28)25-24-15-19-8-5-10-20(26)13-19/h4-8,10,12-15,26H,2-3,9,11,16H2,1H3,(H,25,28). The van der Waals surface area contributed by atoms with Crippen LogP contribution >= 0.6 is 0 Å². The molecular weight excluding hydrogens is 354 g/mol. The predicted octanol–water partition coefficient (Wildman–Crippen LogP) is 3.40. The second kappa shape index (κ2) is 11.4. The highest BCUT2D eigenvalue weighted by Gasteiger charge is 2.03. The largest absolute Gasteiger partial charge is 0.508 e. The summed E-state index contributed by atoms with van der Waals surface area (Å²) in [5.74, 6) is -0.00398. The highest BCUT2D eigenvalue weighted by Crippen LogP contribution is 2.08. The van der Waals surface area contributed by atoms with Crippen molar-refractivity contribution < 1.29 is 14.7 Å². The molecule has 0 fully saturated rings. The lowest BCUT2D eigenvalue weighted by Gasteiger charge is -2.00. The van der Waals surface area contributed by atoms with E-state index in [0.29, 0.717) is 31.2 Å². The van der Waals surface area contributed by atoms with E-state index in [-0.39, 0.29) is 24.0 Å². The first kappa shape index (κ1) is 21.0. The number of ketones is 1. The lowest BCUT2D eigenvalue weighted by atomic mass is 10.1. The molecule has 0 spiro atoms. The zero-order valence-corrected chi connectivity index (χ0v) is 16.0. The molecule has 6 heteroatoms. The average molecular weight is 379 g/mol. The van der Waals surface area contributed by atoms with E-state index in [0.717, 1.165) is 11.1 Å². The smallest absolute Gasteiger partial charge is 0.240 e. The SMILES string of the molecule is Cc1cccc(C=NCC(=O)CCCCC(=O)NN=Cc2cccc(O)c2)c1. The van der Waals surface area contributed by atoms with E-state index < -0.39 is 0 Å². The molecule has 0 heterocycles. The number of nitrogens with one attached hydrogen (secondary N) is 1. The number of unbranched alkanes of at least 4 members (excludes halogenated alkanes) is 1. The summed E-state index contributed by atoms with van der Waals surface area (Å²) in [7, 11) is 0. The fourth-order valence-corrected chi connectivity index (χ4v) is 2.53. The van der Waals surface area contributed by atoms with Crippen LogP contribution in [0.4, 0.5) is 0 Å². The van der Waals surface area contributed by atoms with Gasteiger partial charge in [0.05, 0.1) is 12.8 Å². The third-order valence-corrected chi connectivity index (χ3v) is 3.93. The van der Waals surface area contributed by atoms with Crippen molar-refractivity contribution in [2.45, 2.75) is 32.6 Å². The number of hydrogen-bond donors (Lipinski definition) is 2. The molecule has 28 heavy (non-hydrogen) atoms. The van der Waals surface area contributed by atoms with Crippen molar-refractivity contribution in [1.82, 2.24) is 5.43 Å². The highest BCUT2D eigenvalue weighted by molar-refractivity contribution is 5.85. The maximum absolute atomic E-state index is 11.8. The van der Waals surface area contributed by atoms with Gasteiger partial charge in [0, 0.05) is 19.1 Å². The van der Waals surface area contributed by atoms with Crippen LogP contribution in [0.5, 0.6) is 5.75 Å². The van der Waals surface area contributed by atoms with E-state index in [2.05, 4.69) is 15.5 Å². The monoisotopic (exact) mass is 379 g/mol. The molecule has 0 atom stereocenters. The van der Waals surface area contributed by atoms with Crippen molar-refractivity contribution in [3.8, 4) is 5.75 Å². The summed E-state index contributed by atoms with van der Waals surface area (Å²) in [4.78, 5) is 27.7. The maximum Gasteiger partial charge on any atom is 0.240 e. The average Bonchev–Trinajstić information content (AvgIpc) is 2.65. The van der Waals surface area contributed by atoms with Gasteiger partial charge in [0.15, 0.2) is 5.78 Å². The number of aryl methyl sites for hydroxylation is 1. The first-order chi connectivity index (χ1) is 13.5. The molecule has 1 amide bonds. The third-order valence-electron chi connectivity index (χ3n) is 3.93. The number of benzene rings is 2. The summed E-state index contributed by atoms with van der Waals surface area (Å²) < 4.78 is 0. The molecule has 2 rings (SSSR count). The number of nitrogens with zero attached hydrogens (tertiary/aromatic N) is 2. The molecular formula is C22H25N3O3. The summed E-state index contributed by atoms with van der Waals surface area (Å²) in [5.41, 5.74) is 5.26. The van der Waals surface area contributed by atoms with Gasteiger partial charge in [-0.05, 0) is 43.0 Å². The minimum atomic E-state index is -0.207. The lowest BCUT2D eigenvalue weighted by Crippen LogP contribution is -2.17. The molecule has 0 saturated carbocycles. The van der Waals surface area contributed by atoms with Crippen LogP contribution in [0.2, 0.25) is 0 Å². The van der Waals surface area contributed by atoms with E-state index in [9.17, 15) is 14.7 Å². The first-order valence-electron chi connectivity index (χ1n) is 9.22. The number of Topliss-reactive ketones (excluding diaryl/α,β-unsaturated/α-hetero) is 1. The van der Waals surface area contributed by atoms with Crippen molar-refractivity contribution in [3.05, 3.63) is 65.2 Å². The van der Waals surface area contributed by atoms with Crippen molar-refractivity contribution in [2.24, 2.45) is 10.1 Å². The summed E-state index contributed by atoms with van der Waals surface area (Å²) in [6.45, 7) is 2.17. The summed E-state index contributed by atoms with van der Waals surface area (Å²) >= 11 is 0. The zero-order valence-electron chi connectivity index (χ0n) is 16.0. The molecule has 0 saturated heterocycles. The lowest BCUT2D eigenvalue weighted by molar-refractivity contribution is -0.121. The van der Waals surface area contributed by atoms with E-state index in [1.54, 1.807) is 30.5 Å². The van der Waals surface area contributed by atoms with Crippen LogP contribution < -0.4 is 5.43 Å². The van der Waals surface area contributed by atoms with E-state index in [4.69, 9.17) is 0 Å². The molecule has 0 bridgehead atoms. The number of phenolic OH excluding ortho intramolecular Hbond substituents is 1. The topological polar surface area (TPSA) is 91.1 Å². The number of hydrogen-bond acceptors (Lipinski definition) is 5. The Morgan fingerprint density at radius 2 is 1.71 bits per heavy atom. The van der Waals surface area contributed by atoms with E-state index in [1.807, 2.05) is 31.2 Å². The summed E-state index contributed by atoms with van der Waals surface area (Å²) in [6.07, 6.45) is 5.14. The molecule has 6 nitrogen and oxygen atoms in total. The molecule has 0 aromatic heterocycles. The maximum atomic E-state index is 11.8. The van der Waals surface area contributed by atoms with Crippen LogP contribution in [0.3, 0.4) is 0 Å². The minimum absolute atomic E-state index is 0.0613. The van der Waals surface area contributed by atoms with E-state index in [1.165, 1.54) is 6.21 Å². The Labute approximate surface area is 165 Å². The number of aliphatic imine (C=N–C) groups is 1. The van der Waals surface area contributed by atoms with Crippen LogP contribution in [-0.4, -0.2) is 35.8 Å². The van der Waals surface area contributed by atoms with Crippen molar-refractivity contribution in [1.29, 1.82) is 0 Å². The predicted molar refractivity (Wildman–Crippen MR) is 111 cm³/mol. The summed E-state index contributed by atoms with van der Waals surface area (Å²) in [6, 6.07) is 14.5. The molecule has 2 aromatic carbocycles. The molecule has 0 aliphatic carbocycles. The summed E-state index contributed by atoms with van der Waals surface area (Å²) in [5, 5.41) is 13.2. The van der Waals surface area contributed by atoms with Gasteiger partial charge in [0.25, 0.3) is 0 Å². The number of phenols is 1. The Hall–Kier alpha value is -3.28. The second-order valence-electron chi connectivity index (χ2n) is 6.52. The molecule has 0 aliphatic rings. The quantitative estimate of drug-likeness (QED) is 0.376. The van der Waals surface area contributed by atoms with Gasteiger partial charge in [-0.1, -0.05) is 42.0 Å². The van der Waals surface area contributed by atoms with Gasteiger partial charge in [-0.15, -0.1) is 0 Å². The Morgan fingerprint density at radius 3 is 2.46 bits per heavy atom. The fraction of sp³-hybridized carbons (Fsp3) is 0.273. The number of rotatable bonds is 10. The van der Waals surface area contributed by atoms with Crippen LogP contribution in [0.15, 0.2) is 58.6 Å². The van der Waals surface area contributed by atoms with Gasteiger partial charge in [0.1, 0.15) is 5.75 Å². The number of carbonyl (C=O) groups is 2.